The van der Waals surface area contributed by atoms with Gasteiger partial charge in [-0.2, -0.15) is 0 Å². The maximum absolute atomic E-state index is 10.1. The van der Waals surface area contributed by atoms with Gasteiger partial charge in [0.2, 0.25) is 0 Å². The Morgan fingerprint density at radius 3 is 1.60 bits per heavy atom. The first-order chi connectivity index (χ1) is 6.44. The molecule has 1 aliphatic heterocycles. The van der Waals surface area contributed by atoms with Crippen molar-refractivity contribution < 1.29 is 8.38 Å². The number of hydrogen-bond donors (Lipinski definition) is 2. The fourth-order valence-corrected chi connectivity index (χ4v) is 5.98. The molecule has 2 nitrogen and oxygen atoms in total. The Morgan fingerprint density at radius 2 is 1.40 bits per heavy atom. The zero-order chi connectivity index (χ0) is 12.1. The summed E-state index contributed by atoms with van der Waals surface area (Å²) in [5.41, 5.74) is 0.881. The second kappa shape index (κ2) is 3.46. The minimum atomic E-state index is -3.47. The van der Waals surface area contributed by atoms with Gasteiger partial charge >= 0.3 is 95.3 Å². The van der Waals surface area contributed by atoms with E-state index in [-0.39, 0.29) is 10.8 Å². The molecule has 0 saturated carbocycles. The van der Waals surface area contributed by atoms with Crippen molar-refractivity contribution >= 4 is 13.5 Å². The Hall–Kier alpha value is -0.0805. The van der Waals surface area contributed by atoms with E-state index in [2.05, 4.69) is 20.8 Å². The van der Waals surface area contributed by atoms with Crippen molar-refractivity contribution in [1.82, 2.24) is 0 Å². The molecule has 0 radical (unpaired) electrons. The van der Waals surface area contributed by atoms with E-state index in [9.17, 15) is 8.38 Å². The Kier molecular flexibility index (Phi) is 2.99. The van der Waals surface area contributed by atoms with Gasteiger partial charge < -0.3 is 0 Å². The maximum atomic E-state index is 10.1. The fraction of sp³-hybridized carbons (Fsp3) is 0.667. The van der Waals surface area contributed by atoms with Crippen LogP contribution in [0.5, 0.6) is 0 Å². The summed E-state index contributed by atoms with van der Waals surface area (Å²) < 4.78 is 21.0. The average Bonchev–Trinajstić information content (AvgIpc) is 2.22. The molecule has 0 aliphatic carbocycles. The van der Waals surface area contributed by atoms with Crippen molar-refractivity contribution in [2.75, 3.05) is 0 Å². The molecule has 3 heteroatoms. The molecule has 0 atom stereocenters. The first-order valence-electron chi connectivity index (χ1n) is 5.17. The second-order valence-electron chi connectivity index (χ2n) is 6.17. The predicted octanol–water partition coefficient (Wildman–Crippen LogP) is 2.45. The van der Waals surface area contributed by atoms with Gasteiger partial charge in [0.15, 0.2) is 0 Å². The van der Waals surface area contributed by atoms with E-state index < -0.39 is 13.5 Å². The van der Waals surface area contributed by atoms with Gasteiger partial charge in [-0.15, -0.1) is 0 Å². The summed E-state index contributed by atoms with van der Waals surface area (Å²) in [4.78, 5) is 1.71. The average molecular weight is 277 g/mol. The van der Waals surface area contributed by atoms with Crippen LogP contribution < -0.4 is 0 Å². The Balaban J connectivity index is 3.17. The molecule has 88 valence electrons. The van der Waals surface area contributed by atoms with E-state index in [0.29, 0.717) is 0 Å². The van der Waals surface area contributed by atoms with Crippen molar-refractivity contribution in [3.63, 3.8) is 0 Å². The van der Waals surface area contributed by atoms with Crippen LogP contribution in [0.4, 0.5) is 0 Å². The third kappa shape index (κ3) is 2.73. The van der Waals surface area contributed by atoms with Crippen molar-refractivity contribution in [3.8, 4) is 0 Å². The molecule has 0 bridgehead atoms. The zero-order valence-corrected chi connectivity index (χ0v) is 12.2. The number of allylic oxidation sites excluding steroid dienone is 3. The molecule has 1 heterocycles. The van der Waals surface area contributed by atoms with Crippen LogP contribution in [0.25, 0.3) is 0 Å². The van der Waals surface area contributed by atoms with Gasteiger partial charge in [0.1, 0.15) is 0 Å². The van der Waals surface area contributed by atoms with Crippen LogP contribution in [0, 0.1) is 10.8 Å². The van der Waals surface area contributed by atoms with Gasteiger partial charge in [-0.05, 0) is 0 Å². The van der Waals surface area contributed by atoms with Crippen LogP contribution >= 0.6 is 0 Å². The van der Waals surface area contributed by atoms with Gasteiger partial charge in [0, 0.05) is 0 Å². The minimum absolute atomic E-state index is 0.0128. The third-order valence-electron chi connectivity index (χ3n) is 2.51. The molecule has 0 unspecified atom stereocenters. The Bertz CT molecular complexity index is 325. The van der Waals surface area contributed by atoms with Gasteiger partial charge in [0.05, 0.1) is 0 Å². The van der Waals surface area contributed by atoms with Crippen molar-refractivity contribution in [2.45, 2.75) is 41.5 Å². The molecule has 1 rings (SSSR count). The van der Waals surface area contributed by atoms with Crippen LogP contribution in [-0.4, -0.2) is 21.9 Å². The second-order valence-corrected chi connectivity index (χ2v) is 10.1. The Labute approximate surface area is 95.6 Å². The Morgan fingerprint density at radius 1 is 0.933 bits per heavy atom. The quantitative estimate of drug-likeness (QED) is 0.668. The molecule has 15 heavy (non-hydrogen) atoms. The first-order valence-corrected chi connectivity index (χ1v) is 8.55. The topological polar surface area (TPSA) is 40.5 Å². The fourth-order valence-electron chi connectivity index (χ4n) is 1.56. The van der Waals surface area contributed by atoms with Crippen LogP contribution in [0.3, 0.4) is 0 Å². The molecule has 0 fully saturated rings. The van der Waals surface area contributed by atoms with Gasteiger partial charge in [-0.25, -0.2) is 0 Å². The van der Waals surface area contributed by atoms with Crippen molar-refractivity contribution in [1.29, 1.82) is 0 Å². The van der Waals surface area contributed by atoms with E-state index in [0.717, 1.165) is 10.0 Å². The summed E-state index contributed by atoms with van der Waals surface area (Å²) in [7, 11) is 0. The normalized spacial score (nSPS) is 23.5. The summed E-state index contributed by atoms with van der Waals surface area (Å²) in [5, 5.41) is 0. The molecule has 1 aliphatic rings. The molecule has 0 saturated heterocycles. The van der Waals surface area contributed by atoms with E-state index >= 15 is 0 Å². The van der Waals surface area contributed by atoms with E-state index in [4.69, 9.17) is 0 Å². The zero-order valence-electron chi connectivity index (χ0n) is 10.5. The van der Waals surface area contributed by atoms with Crippen molar-refractivity contribution in [3.05, 3.63) is 21.1 Å². The summed E-state index contributed by atoms with van der Waals surface area (Å²) in [6.45, 7) is 12.3. The molecular weight excluding hydrogens is 255 g/mol. The summed E-state index contributed by atoms with van der Waals surface area (Å²) in [6, 6.07) is 0. The molecule has 0 aromatic carbocycles. The van der Waals surface area contributed by atoms with E-state index in [1.807, 2.05) is 26.8 Å². The molecule has 0 aromatic rings. The van der Waals surface area contributed by atoms with Crippen LogP contribution in [0.15, 0.2) is 21.1 Å². The first kappa shape index (κ1) is 13.0. The monoisotopic (exact) mass is 278 g/mol. The summed E-state index contributed by atoms with van der Waals surface area (Å²) in [5.74, 6) is 0. The standard InChI is InChI=1S/C12H22O2Se/c1-11(2,3)9-7-10(12(4,5)6)15(13,14)8-9/h7-8,13-14H,1-6H3. The van der Waals surface area contributed by atoms with Gasteiger partial charge in [-0.3, -0.25) is 0 Å². The number of rotatable bonds is 0. The molecule has 0 amide bonds. The molecular formula is C12H22O2Se. The SMILES string of the molecule is CC(C)(C)C1=C[Se](O)(O)C(C(C)(C)C)=C1. The third-order valence-corrected chi connectivity index (χ3v) is 6.62. The van der Waals surface area contributed by atoms with Gasteiger partial charge in [-0.1, -0.05) is 0 Å². The molecule has 0 aromatic heterocycles. The summed E-state index contributed by atoms with van der Waals surface area (Å²) >= 11 is -3.47. The summed E-state index contributed by atoms with van der Waals surface area (Å²) in [6.07, 6.45) is 1.99. The van der Waals surface area contributed by atoms with Crippen LogP contribution in [0.1, 0.15) is 41.5 Å². The van der Waals surface area contributed by atoms with Crippen LogP contribution in [-0.2, 0) is 0 Å². The molecule has 2 N–H and O–H groups in total. The number of hydrogen-bond acceptors (Lipinski definition) is 2. The van der Waals surface area contributed by atoms with E-state index in [1.54, 1.807) is 4.97 Å². The van der Waals surface area contributed by atoms with Crippen molar-refractivity contribution in [2.24, 2.45) is 10.8 Å². The van der Waals surface area contributed by atoms with E-state index in [1.165, 1.54) is 0 Å². The van der Waals surface area contributed by atoms with Crippen LogP contribution in [0.2, 0.25) is 0 Å². The van der Waals surface area contributed by atoms with Gasteiger partial charge in [0.25, 0.3) is 0 Å². The predicted molar refractivity (Wildman–Crippen MR) is 65.3 cm³/mol. The molecule has 0 spiro atoms.